The van der Waals surface area contributed by atoms with Crippen LogP contribution in [-0.4, -0.2) is 61.6 Å². The van der Waals surface area contributed by atoms with Gasteiger partial charge in [-0.1, -0.05) is 6.07 Å². The molecule has 1 aromatic rings. The van der Waals surface area contributed by atoms with Gasteiger partial charge in [0.2, 0.25) is 5.91 Å². The van der Waals surface area contributed by atoms with Gasteiger partial charge in [0.05, 0.1) is 19.3 Å². The van der Waals surface area contributed by atoms with Crippen molar-refractivity contribution < 1.29 is 9.53 Å². The zero-order valence-corrected chi connectivity index (χ0v) is 12.1. The molecule has 1 amide bonds. The number of primary amides is 1. The molecule has 1 fully saturated rings. The zero-order valence-electron chi connectivity index (χ0n) is 11.2. The molecule has 5 nitrogen and oxygen atoms in total. The summed E-state index contributed by atoms with van der Waals surface area (Å²) in [5, 5.41) is 2.04. The van der Waals surface area contributed by atoms with Gasteiger partial charge in [-0.3, -0.25) is 9.69 Å². The van der Waals surface area contributed by atoms with Crippen molar-refractivity contribution in [3.63, 3.8) is 0 Å². The lowest BCUT2D eigenvalue weighted by Crippen LogP contribution is -2.47. The van der Waals surface area contributed by atoms with Crippen molar-refractivity contribution in [3.8, 4) is 0 Å². The predicted molar refractivity (Wildman–Crippen MR) is 76.0 cm³/mol. The number of morpholine rings is 1. The van der Waals surface area contributed by atoms with Gasteiger partial charge in [-0.15, -0.1) is 11.3 Å². The summed E-state index contributed by atoms with van der Waals surface area (Å²) in [5.41, 5.74) is 5.33. The van der Waals surface area contributed by atoms with Crippen LogP contribution in [0.25, 0.3) is 0 Å². The Morgan fingerprint density at radius 2 is 2.53 bits per heavy atom. The SMILES string of the molecule is CN1CCOC(CN(CC(N)=O)Cc2cccs2)C1. The summed E-state index contributed by atoms with van der Waals surface area (Å²) in [4.78, 5) is 16.7. The molecule has 2 N–H and O–H groups in total. The van der Waals surface area contributed by atoms with E-state index in [1.165, 1.54) is 4.88 Å². The Labute approximate surface area is 117 Å². The Balaban J connectivity index is 1.91. The minimum atomic E-state index is -0.291. The summed E-state index contributed by atoms with van der Waals surface area (Å²) in [7, 11) is 2.09. The van der Waals surface area contributed by atoms with Crippen LogP contribution in [0, 0.1) is 0 Å². The molecule has 1 aliphatic rings. The molecule has 1 saturated heterocycles. The van der Waals surface area contributed by atoms with Gasteiger partial charge in [-0.2, -0.15) is 0 Å². The molecule has 0 bridgehead atoms. The van der Waals surface area contributed by atoms with E-state index in [2.05, 4.69) is 22.9 Å². The van der Waals surface area contributed by atoms with Gasteiger partial charge >= 0.3 is 0 Å². The number of likely N-dealkylation sites (N-methyl/N-ethyl adjacent to an activating group) is 1. The summed E-state index contributed by atoms with van der Waals surface area (Å²) >= 11 is 1.70. The van der Waals surface area contributed by atoms with Gasteiger partial charge < -0.3 is 15.4 Å². The smallest absolute Gasteiger partial charge is 0.231 e. The summed E-state index contributed by atoms with van der Waals surface area (Å²) in [5.74, 6) is -0.291. The van der Waals surface area contributed by atoms with E-state index >= 15 is 0 Å². The third-order valence-electron chi connectivity index (χ3n) is 3.14. The molecule has 1 unspecified atom stereocenters. The number of thiophene rings is 1. The standard InChI is InChI=1S/C13H21N3O2S/c1-15-4-5-18-11(7-15)8-16(10-13(14)17)9-12-3-2-6-19-12/h2-3,6,11H,4-5,7-10H2,1H3,(H2,14,17). The van der Waals surface area contributed by atoms with E-state index in [0.717, 1.165) is 32.8 Å². The first-order valence-electron chi connectivity index (χ1n) is 6.46. The van der Waals surface area contributed by atoms with Crippen molar-refractivity contribution in [1.29, 1.82) is 0 Å². The van der Waals surface area contributed by atoms with Crippen LogP contribution >= 0.6 is 11.3 Å². The van der Waals surface area contributed by atoms with Gasteiger partial charge in [0.15, 0.2) is 0 Å². The largest absolute Gasteiger partial charge is 0.374 e. The minimum Gasteiger partial charge on any atom is -0.374 e. The minimum absolute atomic E-state index is 0.151. The molecule has 0 saturated carbocycles. The van der Waals surface area contributed by atoms with E-state index in [1.807, 2.05) is 11.4 Å². The second-order valence-electron chi connectivity index (χ2n) is 4.97. The predicted octanol–water partition coefficient (Wildman–Crippen LogP) is 0.366. The number of carbonyl (C=O) groups excluding carboxylic acids is 1. The molecule has 19 heavy (non-hydrogen) atoms. The van der Waals surface area contributed by atoms with Crippen LogP contribution in [0.5, 0.6) is 0 Å². The first kappa shape index (κ1) is 14.5. The van der Waals surface area contributed by atoms with Gasteiger partial charge in [0.25, 0.3) is 0 Å². The van der Waals surface area contributed by atoms with Crippen LogP contribution < -0.4 is 5.73 Å². The molecule has 0 aromatic carbocycles. The fourth-order valence-corrected chi connectivity index (χ4v) is 3.04. The van der Waals surface area contributed by atoms with Crippen molar-refractivity contribution >= 4 is 17.2 Å². The summed E-state index contributed by atoms with van der Waals surface area (Å²) in [6.45, 7) is 4.40. The number of ether oxygens (including phenoxy) is 1. The highest BCUT2D eigenvalue weighted by atomic mass is 32.1. The fourth-order valence-electron chi connectivity index (χ4n) is 2.29. The number of amides is 1. The maximum absolute atomic E-state index is 11.2. The second-order valence-corrected chi connectivity index (χ2v) is 6.00. The lowest BCUT2D eigenvalue weighted by atomic mass is 10.2. The molecule has 6 heteroatoms. The first-order valence-corrected chi connectivity index (χ1v) is 7.34. The molecule has 0 spiro atoms. The first-order chi connectivity index (χ1) is 9.13. The van der Waals surface area contributed by atoms with E-state index in [4.69, 9.17) is 10.5 Å². The Morgan fingerprint density at radius 3 is 3.16 bits per heavy atom. The quantitative estimate of drug-likeness (QED) is 0.819. The average molecular weight is 283 g/mol. The van der Waals surface area contributed by atoms with E-state index in [0.29, 0.717) is 0 Å². The number of carbonyl (C=O) groups is 1. The molecule has 1 aliphatic heterocycles. The lowest BCUT2D eigenvalue weighted by molar-refractivity contribution is -0.120. The van der Waals surface area contributed by atoms with E-state index in [1.54, 1.807) is 11.3 Å². The molecular weight excluding hydrogens is 262 g/mol. The Bertz CT molecular complexity index is 397. The van der Waals surface area contributed by atoms with Gasteiger partial charge in [0.1, 0.15) is 0 Å². The number of nitrogens with zero attached hydrogens (tertiary/aromatic N) is 2. The average Bonchev–Trinajstić information content (AvgIpc) is 2.80. The fraction of sp³-hybridized carbons (Fsp3) is 0.615. The van der Waals surface area contributed by atoms with E-state index in [-0.39, 0.29) is 18.6 Å². The normalized spacial score (nSPS) is 20.8. The van der Waals surface area contributed by atoms with Crippen LogP contribution in [0.3, 0.4) is 0 Å². The Morgan fingerprint density at radius 1 is 1.68 bits per heavy atom. The molecule has 1 aromatic heterocycles. The molecule has 2 rings (SSSR count). The van der Waals surface area contributed by atoms with Crippen LogP contribution in [-0.2, 0) is 16.1 Å². The second kappa shape index (κ2) is 7.00. The monoisotopic (exact) mass is 283 g/mol. The van der Waals surface area contributed by atoms with Crippen molar-refractivity contribution in [1.82, 2.24) is 9.80 Å². The highest BCUT2D eigenvalue weighted by molar-refractivity contribution is 7.09. The highest BCUT2D eigenvalue weighted by Crippen LogP contribution is 2.13. The summed E-state index contributed by atoms with van der Waals surface area (Å²) < 4.78 is 5.75. The van der Waals surface area contributed by atoms with Gasteiger partial charge in [0, 0.05) is 31.1 Å². The zero-order chi connectivity index (χ0) is 13.7. The number of nitrogens with two attached hydrogens (primary N) is 1. The molecule has 1 atom stereocenters. The third-order valence-corrected chi connectivity index (χ3v) is 4.00. The van der Waals surface area contributed by atoms with Crippen LogP contribution in [0.2, 0.25) is 0 Å². The summed E-state index contributed by atoms with van der Waals surface area (Å²) in [6.07, 6.45) is 0.151. The molecule has 0 aliphatic carbocycles. The lowest BCUT2D eigenvalue weighted by Gasteiger charge is -2.33. The van der Waals surface area contributed by atoms with Crippen molar-refractivity contribution in [2.24, 2.45) is 5.73 Å². The van der Waals surface area contributed by atoms with Crippen molar-refractivity contribution in [3.05, 3.63) is 22.4 Å². The summed E-state index contributed by atoms with van der Waals surface area (Å²) in [6, 6.07) is 4.10. The van der Waals surface area contributed by atoms with Gasteiger partial charge in [-0.25, -0.2) is 0 Å². The Kier molecular flexibility index (Phi) is 5.33. The number of hydrogen-bond acceptors (Lipinski definition) is 5. The number of rotatable bonds is 6. The third kappa shape index (κ3) is 4.91. The molecule has 2 heterocycles. The van der Waals surface area contributed by atoms with E-state index < -0.39 is 0 Å². The van der Waals surface area contributed by atoms with Crippen molar-refractivity contribution in [2.45, 2.75) is 12.6 Å². The van der Waals surface area contributed by atoms with Crippen molar-refractivity contribution in [2.75, 3.05) is 39.8 Å². The van der Waals surface area contributed by atoms with Crippen LogP contribution in [0.1, 0.15) is 4.88 Å². The molecule has 0 radical (unpaired) electrons. The number of hydrogen-bond donors (Lipinski definition) is 1. The van der Waals surface area contributed by atoms with Crippen LogP contribution in [0.15, 0.2) is 17.5 Å². The maximum Gasteiger partial charge on any atom is 0.231 e. The van der Waals surface area contributed by atoms with Crippen LogP contribution in [0.4, 0.5) is 0 Å². The van der Waals surface area contributed by atoms with E-state index in [9.17, 15) is 4.79 Å². The Hall–Kier alpha value is -0.950. The molecular formula is C13H21N3O2S. The topological polar surface area (TPSA) is 58.8 Å². The molecule has 106 valence electrons. The van der Waals surface area contributed by atoms with Gasteiger partial charge in [-0.05, 0) is 18.5 Å². The maximum atomic E-state index is 11.2. The highest BCUT2D eigenvalue weighted by Gasteiger charge is 2.21.